The number of rotatable bonds is 10. The number of ether oxygens (including phenoxy) is 1. The molecule has 0 bridgehead atoms. The quantitative estimate of drug-likeness (QED) is 0.209. The Morgan fingerprint density at radius 3 is 2.29 bits per heavy atom. The van der Waals surface area contributed by atoms with Gasteiger partial charge >= 0.3 is 6.09 Å². The molecule has 214 valence electrons. The maximum absolute atomic E-state index is 15.0. The van der Waals surface area contributed by atoms with Crippen molar-refractivity contribution < 1.29 is 31.1 Å². The van der Waals surface area contributed by atoms with Crippen molar-refractivity contribution in [2.24, 2.45) is 0 Å². The van der Waals surface area contributed by atoms with E-state index in [9.17, 15) is 22.0 Å². The van der Waals surface area contributed by atoms with Crippen molar-refractivity contribution in [2.75, 3.05) is 10.9 Å². The SMILES string of the molecule is C[C@H](c1ccccc1CCOC(=O)NCc1ccc(F)cc1)N(c1cc(F)ccc1F)S(=O)(=O)c1ccc(Cl)cc1. The molecule has 0 saturated carbocycles. The second kappa shape index (κ2) is 13.1. The summed E-state index contributed by atoms with van der Waals surface area (Å²) in [5.74, 6) is -2.11. The summed E-state index contributed by atoms with van der Waals surface area (Å²) in [7, 11) is -4.40. The monoisotopic (exact) mass is 602 g/mol. The summed E-state index contributed by atoms with van der Waals surface area (Å²) >= 11 is 5.94. The number of halogens is 4. The standard InChI is InChI=1S/C30H26ClF3N2O4S/c1-20(36(29-18-25(33)12-15-28(29)34)41(38,39)26-13-8-23(31)9-14-26)27-5-3-2-4-22(27)16-17-40-30(37)35-19-21-6-10-24(32)11-7-21/h2-15,18,20H,16-17,19H2,1H3,(H,35,37)/t20-/m1/s1. The van der Waals surface area contributed by atoms with Gasteiger partial charge in [-0.15, -0.1) is 0 Å². The predicted octanol–water partition coefficient (Wildman–Crippen LogP) is 7.18. The van der Waals surface area contributed by atoms with Crippen LogP contribution in [0.5, 0.6) is 0 Å². The number of nitrogens with one attached hydrogen (secondary N) is 1. The van der Waals surface area contributed by atoms with Gasteiger partial charge in [-0.1, -0.05) is 48.0 Å². The summed E-state index contributed by atoms with van der Waals surface area (Å²) in [6, 6.07) is 19.5. The van der Waals surface area contributed by atoms with Crippen LogP contribution in [-0.2, 0) is 27.7 Å². The van der Waals surface area contributed by atoms with Gasteiger partial charge in [0, 0.05) is 24.1 Å². The van der Waals surface area contributed by atoms with Crippen LogP contribution in [0, 0.1) is 17.5 Å². The number of anilines is 1. The second-order valence-corrected chi connectivity index (χ2v) is 11.3. The third-order valence-electron chi connectivity index (χ3n) is 6.33. The van der Waals surface area contributed by atoms with Crippen LogP contribution in [0.1, 0.15) is 29.7 Å². The van der Waals surface area contributed by atoms with E-state index < -0.39 is 39.5 Å². The van der Waals surface area contributed by atoms with Crippen molar-refractivity contribution in [2.45, 2.75) is 30.8 Å². The van der Waals surface area contributed by atoms with Crippen LogP contribution in [0.15, 0.2) is 95.9 Å². The van der Waals surface area contributed by atoms with Gasteiger partial charge in [0.15, 0.2) is 0 Å². The smallest absolute Gasteiger partial charge is 0.407 e. The molecule has 4 aromatic carbocycles. The number of alkyl carbamates (subject to hydrolysis) is 1. The van der Waals surface area contributed by atoms with Gasteiger partial charge in [-0.3, -0.25) is 4.31 Å². The molecule has 6 nitrogen and oxygen atoms in total. The van der Waals surface area contributed by atoms with E-state index in [2.05, 4.69) is 5.32 Å². The summed E-state index contributed by atoms with van der Waals surface area (Å²) in [5.41, 5.74) is 1.37. The van der Waals surface area contributed by atoms with Crippen molar-refractivity contribution >= 4 is 33.4 Å². The number of hydrogen-bond acceptors (Lipinski definition) is 4. The van der Waals surface area contributed by atoms with Gasteiger partial charge in [-0.2, -0.15) is 0 Å². The summed E-state index contributed by atoms with van der Waals surface area (Å²) in [6.45, 7) is 1.66. The predicted molar refractivity (Wildman–Crippen MR) is 151 cm³/mol. The topological polar surface area (TPSA) is 75.7 Å². The Labute approximate surface area is 241 Å². The number of carbonyl (C=O) groups excluding carboxylic acids is 1. The van der Waals surface area contributed by atoms with Crippen molar-refractivity contribution in [3.05, 3.63) is 130 Å². The van der Waals surface area contributed by atoms with Crippen LogP contribution in [0.25, 0.3) is 0 Å². The van der Waals surface area contributed by atoms with Gasteiger partial charge in [-0.05, 0) is 72.1 Å². The van der Waals surface area contributed by atoms with E-state index in [1.54, 1.807) is 43.3 Å². The molecule has 0 aliphatic carbocycles. The Morgan fingerprint density at radius 1 is 0.927 bits per heavy atom. The molecule has 11 heteroatoms. The Hall–Kier alpha value is -4.02. The Kier molecular flexibility index (Phi) is 9.57. The van der Waals surface area contributed by atoms with E-state index in [0.717, 1.165) is 22.5 Å². The molecule has 1 amide bonds. The molecule has 0 aliphatic rings. The molecule has 4 rings (SSSR count). The van der Waals surface area contributed by atoms with Crippen LogP contribution < -0.4 is 9.62 Å². The van der Waals surface area contributed by atoms with E-state index in [-0.39, 0.29) is 30.3 Å². The molecule has 1 atom stereocenters. The number of sulfonamides is 1. The molecule has 0 fully saturated rings. The lowest BCUT2D eigenvalue weighted by atomic mass is 9.99. The molecule has 0 radical (unpaired) electrons. The lowest BCUT2D eigenvalue weighted by molar-refractivity contribution is 0.147. The van der Waals surface area contributed by atoms with E-state index in [0.29, 0.717) is 21.7 Å². The van der Waals surface area contributed by atoms with Crippen LogP contribution in [0.3, 0.4) is 0 Å². The first kappa shape index (κ1) is 30.0. The average Bonchev–Trinajstić information content (AvgIpc) is 2.95. The third-order valence-corrected chi connectivity index (χ3v) is 8.48. The average molecular weight is 603 g/mol. The molecule has 0 aromatic heterocycles. The minimum Gasteiger partial charge on any atom is -0.449 e. The lowest BCUT2D eigenvalue weighted by Crippen LogP contribution is -2.35. The molecule has 4 aromatic rings. The highest BCUT2D eigenvalue weighted by atomic mass is 35.5. The summed E-state index contributed by atoms with van der Waals surface area (Å²) < 4.78 is 76.1. The summed E-state index contributed by atoms with van der Waals surface area (Å²) in [6.07, 6.45) is -0.473. The first-order chi connectivity index (χ1) is 19.6. The number of carbonyl (C=O) groups is 1. The zero-order valence-corrected chi connectivity index (χ0v) is 23.4. The number of amides is 1. The van der Waals surface area contributed by atoms with Gasteiger partial charge in [0.25, 0.3) is 10.0 Å². The van der Waals surface area contributed by atoms with E-state index >= 15 is 4.39 Å². The number of nitrogens with zero attached hydrogens (tertiary/aromatic N) is 1. The van der Waals surface area contributed by atoms with Crippen LogP contribution in [0.4, 0.5) is 23.7 Å². The number of benzene rings is 4. The van der Waals surface area contributed by atoms with Crippen LogP contribution in [0.2, 0.25) is 5.02 Å². The maximum atomic E-state index is 15.0. The second-order valence-electron chi connectivity index (χ2n) is 9.09. The van der Waals surface area contributed by atoms with E-state index in [1.807, 2.05) is 0 Å². The number of hydrogen-bond donors (Lipinski definition) is 1. The summed E-state index contributed by atoms with van der Waals surface area (Å²) in [5, 5.41) is 2.89. The van der Waals surface area contributed by atoms with Gasteiger partial charge in [0.1, 0.15) is 17.5 Å². The zero-order chi connectivity index (χ0) is 29.6. The van der Waals surface area contributed by atoms with Gasteiger partial charge in [0.2, 0.25) is 0 Å². The molecule has 41 heavy (non-hydrogen) atoms. The van der Waals surface area contributed by atoms with Crippen molar-refractivity contribution in [1.82, 2.24) is 5.32 Å². The summed E-state index contributed by atoms with van der Waals surface area (Å²) in [4.78, 5) is 12.0. The highest BCUT2D eigenvalue weighted by Crippen LogP contribution is 2.36. The van der Waals surface area contributed by atoms with Crippen LogP contribution >= 0.6 is 11.6 Å². The lowest BCUT2D eigenvalue weighted by Gasteiger charge is -2.32. The van der Waals surface area contributed by atoms with Crippen LogP contribution in [-0.4, -0.2) is 21.1 Å². The highest BCUT2D eigenvalue weighted by Gasteiger charge is 2.33. The van der Waals surface area contributed by atoms with Crippen molar-refractivity contribution in [1.29, 1.82) is 0 Å². The van der Waals surface area contributed by atoms with E-state index in [1.165, 1.54) is 36.4 Å². The van der Waals surface area contributed by atoms with Gasteiger partial charge in [0.05, 0.1) is 23.2 Å². The fourth-order valence-corrected chi connectivity index (χ4v) is 6.06. The fraction of sp³-hybridized carbons (Fsp3) is 0.167. The Morgan fingerprint density at radius 2 is 1.59 bits per heavy atom. The molecule has 1 N–H and O–H groups in total. The molecule has 0 saturated heterocycles. The Balaban J connectivity index is 1.57. The molecule has 0 aliphatic heterocycles. The molecule has 0 heterocycles. The minimum absolute atomic E-state index is 0.0444. The fourth-order valence-electron chi connectivity index (χ4n) is 4.30. The van der Waals surface area contributed by atoms with Gasteiger partial charge in [-0.25, -0.2) is 26.4 Å². The molecule has 0 unspecified atom stereocenters. The first-order valence-corrected chi connectivity index (χ1v) is 14.4. The van der Waals surface area contributed by atoms with Crippen molar-refractivity contribution in [3.8, 4) is 0 Å². The third kappa shape index (κ3) is 7.39. The van der Waals surface area contributed by atoms with Gasteiger partial charge < -0.3 is 10.1 Å². The first-order valence-electron chi connectivity index (χ1n) is 12.5. The zero-order valence-electron chi connectivity index (χ0n) is 21.9. The van der Waals surface area contributed by atoms with Crippen molar-refractivity contribution in [3.63, 3.8) is 0 Å². The molecular formula is C30H26ClF3N2O4S. The van der Waals surface area contributed by atoms with E-state index in [4.69, 9.17) is 16.3 Å². The minimum atomic E-state index is -4.40. The highest BCUT2D eigenvalue weighted by molar-refractivity contribution is 7.92. The maximum Gasteiger partial charge on any atom is 0.407 e. The normalized spacial score (nSPS) is 12.0. The largest absolute Gasteiger partial charge is 0.449 e. The molecular weight excluding hydrogens is 577 g/mol. The Bertz CT molecular complexity index is 1620. The molecule has 0 spiro atoms.